The number of nitrogens with zero attached hydrogens (tertiary/aromatic N) is 1. The number of hydrogen-bond donors (Lipinski definition) is 0. The molecule has 0 radical (unpaired) electrons. The van der Waals surface area contributed by atoms with Gasteiger partial charge in [-0.15, -0.1) is 0 Å². The Labute approximate surface area is 80.5 Å². The van der Waals surface area contributed by atoms with Crippen LogP contribution < -0.4 is 0 Å². The second-order valence-electron chi connectivity index (χ2n) is 3.36. The van der Waals surface area contributed by atoms with Gasteiger partial charge in [0.2, 0.25) is 5.89 Å². The number of rotatable bonds is 3. The molecule has 1 fully saturated rings. The Bertz CT molecular complexity index is 278. The normalized spacial score (nSPS) is 19.5. The smallest absolute Gasteiger partial charge is 0.211 e. The lowest BCUT2D eigenvalue weighted by molar-refractivity contribution is 0.488. The van der Waals surface area contributed by atoms with E-state index in [9.17, 15) is 0 Å². The van der Waals surface area contributed by atoms with Crippen molar-refractivity contribution in [3.05, 3.63) is 17.8 Å². The van der Waals surface area contributed by atoms with E-state index in [-0.39, 0.29) is 4.32 Å². The van der Waals surface area contributed by atoms with Gasteiger partial charge >= 0.3 is 0 Å². The van der Waals surface area contributed by atoms with Gasteiger partial charge in [-0.3, -0.25) is 0 Å². The average Bonchev–Trinajstić information content (AvgIpc) is 2.64. The van der Waals surface area contributed by atoms with Crippen LogP contribution in [-0.4, -0.2) is 4.98 Å². The van der Waals surface area contributed by atoms with Crippen LogP contribution in [0.5, 0.6) is 0 Å². The van der Waals surface area contributed by atoms with Gasteiger partial charge in [0.15, 0.2) is 0 Å². The summed E-state index contributed by atoms with van der Waals surface area (Å²) in [6.45, 7) is 2.15. The molecule has 0 saturated heterocycles. The second-order valence-corrected chi connectivity index (χ2v) is 4.88. The van der Waals surface area contributed by atoms with Gasteiger partial charge in [0.1, 0.15) is 10.6 Å². The van der Waals surface area contributed by atoms with Crippen LogP contribution in [0, 0.1) is 0 Å². The Kier molecular flexibility index (Phi) is 1.99. The van der Waals surface area contributed by atoms with Crippen LogP contribution in [0.3, 0.4) is 0 Å². The molecule has 0 unspecified atom stereocenters. The fourth-order valence-corrected chi connectivity index (χ4v) is 1.59. The lowest BCUT2D eigenvalue weighted by Crippen LogP contribution is -1.95. The first-order chi connectivity index (χ1) is 5.74. The molecule has 1 heterocycles. The Morgan fingerprint density at radius 2 is 2.42 bits per heavy atom. The highest BCUT2D eigenvalue weighted by Gasteiger charge is 2.46. The number of alkyl halides is 1. The summed E-state index contributed by atoms with van der Waals surface area (Å²) in [5, 5.41) is 0. The predicted octanol–water partition coefficient (Wildman–Crippen LogP) is 3.01. The van der Waals surface area contributed by atoms with E-state index in [1.165, 1.54) is 0 Å². The highest BCUT2D eigenvalue weighted by Crippen LogP contribution is 2.53. The van der Waals surface area contributed by atoms with Crippen LogP contribution in [0.25, 0.3) is 0 Å². The Hall–Kier alpha value is -0.310. The fraction of sp³-hybridized carbons (Fsp3) is 0.667. The van der Waals surface area contributed by atoms with Gasteiger partial charge in [0.05, 0.1) is 5.69 Å². The molecule has 0 N–H and O–H groups in total. The summed E-state index contributed by atoms with van der Waals surface area (Å²) in [6.07, 6.45) is 6.23. The van der Waals surface area contributed by atoms with Crippen molar-refractivity contribution in [1.29, 1.82) is 0 Å². The zero-order valence-corrected chi connectivity index (χ0v) is 8.73. The molecule has 1 saturated carbocycles. The monoisotopic (exact) mass is 229 g/mol. The van der Waals surface area contributed by atoms with Crippen molar-refractivity contribution < 1.29 is 4.42 Å². The minimum absolute atomic E-state index is 0.0962. The summed E-state index contributed by atoms with van der Waals surface area (Å²) in [5.74, 6) is 0.867. The third kappa shape index (κ3) is 1.42. The third-order valence-corrected chi connectivity index (χ3v) is 3.26. The molecule has 0 amide bonds. The molecule has 2 rings (SSSR count). The number of oxazole rings is 1. The SMILES string of the molecule is CCCc1coc(C2(Br)CC2)n1. The first-order valence-corrected chi connectivity index (χ1v) is 5.18. The van der Waals surface area contributed by atoms with Gasteiger partial charge in [-0.1, -0.05) is 29.3 Å². The van der Waals surface area contributed by atoms with E-state index in [0.717, 1.165) is 37.3 Å². The van der Waals surface area contributed by atoms with Crippen molar-refractivity contribution in [2.45, 2.75) is 36.9 Å². The van der Waals surface area contributed by atoms with Crippen molar-refractivity contribution in [2.75, 3.05) is 0 Å². The van der Waals surface area contributed by atoms with Crippen LogP contribution in [0.2, 0.25) is 0 Å². The molecule has 2 nitrogen and oxygen atoms in total. The van der Waals surface area contributed by atoms with Gasteiger partial charge in [-0.05, 0) is 19.3 Å². The lowest BCUT2D eigenvalue weighted by atomic mass is 10.3. The van der Waals surface area contributed by atoms with Gasteiger partial charge in [0.25, 0.3) is 0 Å². The van der Waals surface area contributed by atoms with E-state index < -0.39 is 0 Å². The summed E-state index contributed by atoms with van der Waals surface area (Å²) >= 11 is 3.61. The molecule has 1 aliphatic rings. The molecule has 1 aromatic rings. The van der Waals surface area contributed by atoms with E-state index in [1.807, 2.05) is 0 Å². The van der Waals surface area contributed by atoms with E-state index in [4.69, 9.17) is 4.42 Å². The maximum Gasteiger partial charge on any atom is 0.211 e. The second kappa shape index (κ2) is 2.87. The maximum absolute atomic E-state index is 5.39. The molecule has 0 bridgehead atoms. The molecule has 1 aliphatic carbocycles. The van der Waals surface area contributed by atoms with Crippen molar-refractivity contribution in [1.82, 2.24) is 4.98 Å². The number of hydrogen-bond acceptors (Lipinski definition) is 2. The molecule has 0 aliphatic heterocycles. The highest BCUT2D eigenvalue weighted by atomic mass is 79.9. The van der Waals surface area contributed by atoms with Gasteiger partial charge in [-0.25, -0.2) is 4.98 Å². The standard InChI is InChI=1S/C9H12BrNO/c1-2-3-7-6-12-8(11-7)9(10)4-5-9/h6H,2-5H2,1H3. The number of aromatic nitrogens is 1. The predicted molar refractivity (Wildman–Crippen MR) is 50.3 cm³/mol. The van der Waals surface area contributed by atoms with Gasteiger partial charge in [0, 0.05) is 0 Å². The molecule has 66 valence electrons. The van der Waals surface area contributed by atoms with Crippen LogP contribution in [0.4, 0.5) is 0 Å². The summed E-state index contributed by atoms with van der Waals surface area (Å²) in [7, 11) is 0. The summed E-state index contributed by atoms with van der Waals surface area (Å²) in [5.41, 5.74) is 1.08. The quantitative estimate of drug-likeness (QED) is 0.746. The lowest BCUT2D eigenvalue weighted by Gasteiger charge is -1.96. The molecule has 0 spiro atoms. The summed E-state index contributed by atoms with van der Waals surface area (Å²) in [6, 6.07) is 0. The summed E-state index contributed by atoms with van der Waals surface area (Å²) < 4.78 is 5.48. The Morgan fingerprint density at radius 1 is 1.67 bits per heavy atom. The molecule has 0 atom stereocenters. The first kappa shape index (κ1) is 8.30. The van der Waals surface area contributed by atoms with Crippen molar-refractivity contribution in [3.8, 4) is 0 Å². The first-order valence-electron chi connectivity index (χ1n) is 4.38. The van der Waals surface area contributed by atoms with Crippen molar-refractivity contribution in [3.63, 3.8) is 0 Å². The summed E-state index contributed by atoms with van der Waals surface area (Å²) in [4.78, 5) is 4.42. The number of aryl methyl sites for hydroxylation is 1. The number of halogens is 1. The minimum atomic E-state index is 0.0962. The van der Waals surface area contributed by atoms with Crippen LogP contribution in [0.15, 0.2) is 10.7 Å². The van der Waals surface area contributed by atoms with Crippen LogP contribution in [0.1, 0.15) is 37.8 Å². The largest absolute Gasteiger partial charge is 0.447 e. The minimum Gasteiger partial charge on any atom is -0.447 e. The van der Waals surface area contributed by atoms with Crippen LogP contribution in [-0.2, 0) is 10.7 Å². The van der Waals surface area contributed by atoms with E-state index in [1.54, 1.807) is 6.26 Å². The zero-order valence-electron chi connectivity index (χ0n) is 7.14. The molecule has 3 heteroatoms. The van der Waals surface area contributed by atoms with Crippen molar-refractivity contribution >= 4 is 15.9 Å². The van der Waals surface area contributed by atoms with Gasteiger partial charge in [-0.2, -0.15) is 0 Å². The maximum atomic E-state index is 5.39. The third-order valence-electron chi connectivity index (χ3n) is 2.13. The topological polar surface area (TPSA) is 26.0 Å². The molecule has 12 heavy (non-hydrogen) atoms. The Morgan fingerprint density at radius 3 is 3.00 bits per heavy atom. The van der Waals surface area contributed by atoms with E-state index in [0.29, 0.717) is 0 Å². The fourth-order valence-electron chi connectivity index (χ4n) is 1.21. The molecule has 1 aromatic heterocycles. The zero-order chi connectivity index (χ0) is 8.60. The molecule has 0 aromatic carbocycles. The van der Waals surface area contributed by atoms with E-state index >= 15 is 0 Å². The average molecular weight is 230 g/mol. The van der Waals surface area contributed by atoms with Gasteiger partial charge < -0.3 is 4.42 Å². The Balaban J connectivity index is 2.13. The molecular weight excluding hydrogens is 218 g/mol. The van der Waals surface area contributed by atoms with E-state index in [2.05, 4.69) is 27.8 Å². The molecular formula is C9H12BrNO. The van der Waals surface area contributed by atoms with Crippen molar-refractivity contribution in [2.24, 2.45) is 0 Å². The van der Waals surface area contributed by atoms with Crippen LogP contribution >= 0.6 is 15.9 Å². The highest BCUT2D eigenvalue weighted by molar-refractivity contribution is 9.09.